The minimum Gasteiger partial charge on any atom is -0.478 e. The van der Waals surface area contributed by atoms with Gasteiger partial charge in [-0.05, 0) is 37.0 Å². The summed E-state index contributed by atoms with van der Waals surface area (Å²) in [5.74, 6) is 2.47. The van der Waals surface area contributed by atoms with Crippen molar-refractivity contribution in [2.24, 2.45) is 5.92 Å². The molecule has 6 heteroatoms. The molecule has 0 aromatic heterocycles. The Balaban J connectivity index is 2.01. The molecule has 1 unspecified atom stereocenters. The highest BCUT2D eigenvalue weighted by Crippen LogP contribution is 2.15. The van der Waals surface area contributed by atoms with Crippen LogP contribution in [0.1, 0.15) is 23.2 Å². The van der Waals surface area contributed by atoms with Gasteiger partial charge in [0, 0.05) is 18.2 Å². The van der Waals surface area contributed by atoms with E-state index in [1.54, 1.807) is 0 Å². The average molecular weight is 291 g/mol. The Morgan fingerprint density at radius 1 is 1.43 bits per heavy atom. The van der Waals surface area contributed by atoms with E-state index in [0.717, 1.165) is 31.6 Å². The summed E-state index contributed by atoms with van der Waals surface area (Å²) in [5, 5.41) is 11.2. The molecule has 1 aliphatic rings. The van der Waals surface area contributed by atoms with Crippen LogP contribution in [0.2, 0.25) is 0 Å². The number of carboxylic acid groups (broad SMARTS) is 1. The first-order valence-corrected chi connectivity index (χ1v) is 6.49. The minimum atomic E-state index is -1.39. The van der Waals surface area contributed by atoms with Crippen molar-refractivity contribution >= 4 is 17.6 Å². The summed E-state index contributed by atoms with van der Waals surface area (Å²) in [6, 6.07) is 3.33. The average Bonchev–Trinajstić information content (AvgIpc) is 2.48. The lowest BCUT2D eigenvalue weighted by Crippen LogP contribution is -2.16. The second-order valence-corrected chi connectivity index (χ2v) is 4.64. The molecule has 21 heavy (non-hydrogen) atoms. The highest BCUT2D eigenvalue weighted by atomic mass is 19.1. The molecule has 0 aliphatic carbocycles. The van der Waals surface area contributed by atoms with E-state index < -0.39 is 23.3 Å². The van der Waals surface area contributed by atoms with Gasteiger partial charge < -0.3 is 15.2 Å². The normalized spacial score (nSPS) is 17.5. The molecule has 1 fully saturated rings. The van der Waals surface area contributed by atoms with Gasteiger partial charge in [-0.3, -0.25) is 4.79 Å². The van der Waals surface area contributed by atoms with Crippen molar-refractivity contribution in [3.8, 4) is 11.8 Å². The molecule has 110 valence electrons. The van der Waals surface area contributed by atoms with Crippen molar-refractivity contribution in [3.63, 3.8) is 0 Å². The number of nitrogens with one attached hydrogen (secondary N) is 1. The van der Waals surface area contributed by atoms with Gasteiger partial charge in [-0.1, -0.05) is 5.92 Å². The molecule has 2 rings (SSSR count). The van der Waals surface area contributed by atoms with Crippen molar-refractivity contribution in [3.05, 3.63) is 29.6 Å². The molecule has 1 heterocycles. The Hall–Kier alpha value is -2.39. The number of carbonyl (C=O) groups excluding carboxylic acids is 1. The monoisotopic (exact) mass is 291 g/mol. The highest BCUT2D eigenvalue weighted by molar-refractivity contribution is 6.04. The maximum Gasteiger partial charge on any atom is 0.338 e. The third-order valence-corrected chi connectivity index (χ3v) is 3.00. The molecule has 1 aromatic rings. The Kier molecular flexibility index (Phi) is 4.90. The largest absolute Gasteiger partial charge is 0.478 e. The van der Waals surface area contributed by atoms with Crippen LogP contribution in [0.5, 0.6) is 0 Å². The summed E-state index contributed by atoms with van der Waals surface area (Å²) < 4.78 is 18.5. The fourth-order valence-corrected chi connectivity index (χ4v) is 1.95. The number of halogens is 1. The molecule has 1 aromatic carbocycles. The van der Waals surface area contributed by atoms with Gasteiger partial charge >= 0.3 is 5.97 Å². The van der Waals surface area contributed by atoms with Crippen molar-refractivity contribution in [1.29, 1.82) is 0 Å². The predicted molar refractivity (Wildman–Crippen MR) is 73.3 cm³/mol. The Labute approximate surface area is 121 Å². The van der Waals surface area contributed by atoms with Gasteiger partial charge in [-0.25, -0.2) is 9.18 Å². The Bertz CT molecular complexity index is 612. The van der Waals surface area contributed by atoms with E-state index in [9.17, 15) is 14.0 Å². The van der Waals surface area contributed by atoms with Crippen LogP contribution in [-0.4, -0.2) is 30.2 Å². The number of rotatable bonds is 2. The van der Waals surface area contributed by atoms with Crippen LogP contribution in [0, 0.1) is 23.6 Å². The standard InChI is InChI=1S/C15H14FNO4/c16-13-5-4-11(8-12(13)15(19)20)17-14(18)6-3-10-2-1-7-21-9-10/h4-5,8,10H,1-2,7,9H2,(H,17,18)(H,19,20). The summed E-state index contributed by atoms with van der Waals surface area (Å²) in [7, 11) is 0. The maximum atomic E-state index is 13.2. The Morgan fingerprint density at radius 2 is 2.24 bits per heavy atom. The number of ether oxygens (including phenoxy) is 1. The quantitative estimate of drug-likeness (QED) is 0.816. The molecule has 1 atom stereocenters. The topological polar surface area (TPSA) is 75.6 Å². The molecule has 1 aliphatic heterocycles. The summed E-state index contributed by atoms with van der Waals surface area (Å²) in [5.41, 5.74) is -0.311. The third-order valence-electron chi connectivity index (χ3n) is 3.00. The van der Waals surface area contributed by atoms with E-state index in [0.29, 0.717) is 6.61 Å². The van der Waals surface area contributed by atoms with E-state index in [-0.39, 0.29) is 11.6 Å². The molecule has 0 bridgehead atoms. The van der Waals surface area contributed by atoms with Crippen LogP contribution in [-0.2, 0) is 9.53 Å². The number of hydrogen-bond donors (Lipinski definition) is 2. The molecule has 1 amide bonds. The summed E-state index contributed by atoms with van der Waals surface area (Å²) >= 11 is 0. The van der Waals surface area contributed by atoms with Crippen molar-refractivity contribution < 1.29 is 23.8 Å². The fourth-order valence-electron chi connectivity index (χ4n) is 1.95. The first-order chi connectivity index (χ1) is 10.1. The van der Waals surface area contributed by atoms with Gasteiger partial charge in [0.05, 0.1) is 12.2 Å². The van der Waals surface area contributed by atoms with Gasteiger partial charge in [0.25, 0.3) is 5.91 Å². The first-order valence-electron chi connectivity index (χ1n) is 6.49. The number of hydrogen-bond acceptors (Lipinski definition) is 3. The van der Waals surface area contributed by atoms with Gasteiger partial charge in [-0.2, -0.15) is 0 Å². The smallest absolute Gasteiger partial charge is 0.338 e. The zero-order valence-corrected chi connectivity index (χ0v) is 11.2. The van der Waals surface area contributed by atoms with E-state index in [1.165, 1.54) is 6.07 Å². The lowest BCUT2D eigenvalue weighted by molar-refractivity contribution is -0.111. The molecule has 0 saturated carbocycles. The van der Waals surface area contributed by atoms with Crippen LogP contribution in [0.4, 0.5) is 10.1 Å². The van der Waals surface area contributed by atoms with E-state index in [4.69, 9.17) is 9.84 Å². The summed E-state index contributed by atoms with van der Waals surface area (Å²) in [6.45, 7) is 1.23. The third kappa shape index (κ3) is 4.29. The lowest BCUT2D eigenvalue weighted by Gasteiger charge is -2.16. The van der Waals surface area contributed by atoms with E-state index >= 15 is 0 Å². The fraction of sp³-hybridized carbons (Fsp3) is 0.333. The minimum absolute atomic E-state index is 0.0345. The van der Waals surface area contributed by atoms with Gasteiger partial charge in [0.15, 0.2) is 0 Å². The number of carbonyl (C=O) groups is 2. The number of aromatic carboxylic acids is 1. The van der Waals surface area contributed by atoms with E-state index in [1.807, 2.05) is 0 Å². The number of amides is 1. The number of anilines is 1. The van der Waals surface area contributed by atoms with Crippen molar-refractivity contribution in [2.75, 3.05) is 18.5 Å². The van der Waals surface area contributed by atoms with Gasteiger partial charge in [-0.15, -0.1) is 0 Å². The zero-order chi connectivity index (χ0) is 15.2. The van der Waals surface area contributed by atoms with Crippen LogP contribution in [0.15, 0.2) is 18.2 Å². The van der Waals surface area contributed by atoms with Crippen LogP contribution in [0.25, 0.3) is 0 Å². The number of benzene rings is 1. The van der Waals surface area contributed by atoms with Gasteiger partial charge in [0.2, 0.25) is 0 Å². The Morgan fingerprint density at radius 3 is 2.90 bits per heavy atom. The molecule has 5 nitrogen and oxygen atoms in total. The summed E-state index contributed by atoms with van der Waals surface area (Å²) in [6.07, 6.45) is 1.81. The summed E-state index contributed by atoms with van der Waals surface area (Å²) in [4.78, 5) is 22.5. The first kappa shape index (κ1) is 15.0. The molecule has 0 spiro atoms. The number of carboxylic acids is 1. The second-order valence-electron chi connectivity index (χ2n) is 4.64. The molecular formula is C15H14FNO4. The zero-order valence-electron chi connectivity index (χ0n) is 11.2. The van der Waals surface area contributed by atoms with Gasteiger partial charge in [0.1, 0.15) is 5.82 Å². The predicted octanol–water partition coefficient (Wildman–Crippen LogP) is 1.89. The molecule has 1 saturated heterocycles. The van der Waals surface area contributed by atoms with Crippen molar-refractivity contribution in [1.82, 2.24) is 0 Å². The van der Waals surface area contributed by atoms with Crippen molar-refractivity contribution in [2.45, 2.75) is 12.8 Å². The molecular weight excluding hydrogens is 277 g/mol. The van der Waals surface area contributed by atoms with E-state index in [2.05, 4.69) is 17.2 Å². The molecule has 2 N–H and O–H groups in total. The maximum absolute atomic E-state index is 13.2. The SMILES string of the molecule is O=C(C#CC1CCCOC1)Nc1ccc(F)c(C(=O)O)c1. The second kappa shape index (κ2) is 6.86. The lowest BCUT2D eigenvalue weighted by atomic mass is 10.0. The van der Waals surface area contributed by atoms with Crippen LogP contribution < -0.4 is 5.32 Å². The van der Waals surface area contributed by atoms with Crippen LogP contribution >= 0.6 is 0 Å². The highest BCUT2D eigenvalue weighted by Gasteiger charge is 2.12. The molecule has 0 radical (unpaired) electrons. The van der Waals surface area contributed by atoms with Crippen LogP contribution in [0.3, 0.4) is 0 Å².